The molecule has 2 unspecified atom stereocenters. The van der Waals surface area contributed by atoms with Crippen molar-refractivity contribution < 1.29 is 4.52 Å². The van der Waals surface area contributed by atoms with E-state index in [2.05, 4.69) is 53.4 Å². The van der Waals surface area contributed by atoms with Gasteiger partial charge in [0.1, 0.15) is 6.04 Å². The van der Waals surface area contributed by atoms with Crippen molar-refractivity contribution in [2.75, 3.05) is 20.6 Å². The lowest BCUT2D eigenvalue weighted by Gasteiger charge is -2.23. The number of benzene rings is 1. The van der Waals surface area contributed by atoms with Crippen LogP contribution in [0.2, 0.25) is 0 Å². The first-order chi connectivity index (χ1) is 10.2. The van der Waals surface area contributed by atoms with Crippen LogP contribution in [0.3, 0.4) is 0 Å². The van der Waals surface area contributed by atoms with Crippen LogP contribution in [-0.2, 0) is 6.42 Å². The van der Waals surface area contributed by atoms with Gasteiger partial charge in [-0.15, -0.1) is 12.4 Å². The van der Waals surface area contributed by atoms with E-state index in [1.165, 1.54) is 5.56 Å². The standard InChI is InChI=1S/C16H24N4O.ClH/c1-5-20(4)15(13-9-7-6-8-10-13)16-18-14(19-21-16)11-12(2)17-3;/h6-10,12,15,17H,5,11H2,1-4H3;1H. The van der Waals surface area contributed by atoms with Gasteiger partial charge in [0.05, 0.1) is 0 Å². The molecule has 1 heterocycles. The Hall–Kier alpha value is -1.43. The van der Waals surface area contributed by atoms with Gasteiger partial charge in [0.25, 0.3) is 0 Å². The minimum absolute atomic E-state index is 0. The first-order valence-corrected chi connectivity index (χ1v) is 7.40. The van der Waals surface area contributed by atoms with Gasteiger partial charge in [-0.3, -0.25) is 4.90 Å². The summed E-state index contributed by atoms with van der Waals surface area (Å²) < 4.78 is 5.52. The number of halogens is 1. The number of aromatic nitrogens is 2. The molecule has 1 N–H and O–H groups in total. The van der Waals surface area contributed by atoms with Crippen LogP contribution in [0.15, 0.2) is 34.9 Å². The highest BCUT2D eigenvalue weighted by Crippen LogP contribution is 2.26. The Balaban J connectivity index is 0.00000242. The van der Waals surface area contributed by atoms with Gasteiger partial charge >= 0.3 is 0 Å². The zero-order valence-electron chi connectivity index (χ0n) is 13.6. The topological polar surface area (TPSA) is 54.2 Å². The van der Waals surface area contributed by atoms with Crippen LogP contribution in [0.1, 0.15) is 37.2 Å². The van der Waals surface area contributed by atoms with Crippen molar-refractivity contribution in [1.29, 1.82) is 0 Å². The lowest BCUT2D eigenvalue weighted by molar-refractivity contribution is 0.233. The fourth-order valence-corrected chi connectivity index (χ4v) is 2.24. The zero-order valence-corrected chi connectivity index (χ0v) is 14.4. The molecule has 22 heavy (non-hydrogen) atoms. The van der Waals surface area contributed by atoms with E-state index in [1.54, 1.807) is 0 Å². The molecule has 0 amide bonds. The summed E-state index contributed by atoms with van der Waals surface area (Å²) >= 11 is 0. The summed E-state index contributed by atoms with van der Waals surface area (Å²) in [7, 11) is 4.00. The molecule has 0 aliphatic heterocycles. The van der Waals surface area contributed by atoms with Crippen molar-refractivity contribution in [3.8, 4) is 0 Å². The molecule has 1 aromatic carbocycles. The Morgan fingerprint density at radius 3 is 2.55 bits per heavy atom. The molecule has 0 saturated carbocycles. The second-order valence-electron chi connectivity index (χ2n) is 5.33. The van der Waals surface area contributed by atoms with Gasteiger partial charge in [-0.05, 0) is 33.1 Å². The highest BCUT2D eigenvalue weighted by atomic mass is 35.5. The summed E-state index contributed by atoms with van der Waals surface area (Å²) in [5, 5.41) is 7.30. The maximum atomic E-state index is 5.52. The Morgan fingerprint density at radius 1 is 1.27 bits per heavy atom. The van der Waals surface area contributed by atoms with Crippen LogP contribution in [0.5, 0.6) is 0 Å². The maximum absolute atomic E-state index is 5.52. The van der Waals surface area contributed by atoms with Gasteiger partial charge < -0.3 is 9.84 Å². The van der Waals surface area contributed by atoms with E-state index in [1.807, 2.05) is 25.2 Å². The Morgan fingerprint density at radius 2 is 1.95 bits per heavy atom. The van der Waals surface area contributed by atoms with Crippen LogP contribution in [0, 0.1) is 0 Å². The third kappa shape index (κ3) is 4.53. The predicted molar refractivity (Wildman–Crippen MR) is 90.4 cm³/mol. The molecule has 5 nitrogen and oxygen atoms in total. The van der Waals surface area contributed by atoms with Gasteiger partial charge in [0.15, 0.2) is 5.82 Å². The zero-order chi connectivity index (χ0) is 15.2. The largest absolute Gasteiger partial charge is 0.337 e. The monoisotopic (exact) mass is 324 g/mol. The molecule has 0 saturated heterocycles. The number of likely N-dealkylation sites (N-methyl/N-ethyl adjacent to an activating group) is 1. The van der Waals surface area contributed by atoms with E-state index >= 15 is 0 Å². The molecule has 1 aromatic heterocycles. The molecule has 2 aromatic rings. The van der Waals surface area contributed by atoms with Crippen LogP contribution < -0.4 is 5.32 Å². The second-order valence-corrected chi connectivity index (χ2v) is 5.33. The minimum Gasteiger partial charge on any atom is -0.337 e. The Bertz CT molecular complexity index is 546. The predicted octanol–water partition coefficient (Wildman–Crippen LogP) is 2.68. The van der Waals surface area contributed by atoms with Gasteiger partial charge in [0, 0.05) is 12.5 Å². The summed E-state index contributed by atoms with van der Waals surface area (Å²) in [6.07, 6.45) is 0.761. The van der Waals surface area contributed by atoms with E-state index in [4.69, 9.17) is 4.52 Å². The van der Waals surface area contributed by atoms with E-state index in [0.29, 0.717) is 11.9 Å². The molecule has 2 rings (SSSR count). The maximum Gasteiger partial charge on any atom is 0.248 e. The van der Waals surface area contributed by atoms with Gasteiger partial charge in [-0.1, -0.05) is 42.4 Å². The van der Waals surface area contributed by atoms with E-state index in [0.717, 1.165) is 18.8 Å². The average molecular weight is 325 g/mol. The highest BCUT2D eigenvalue weighted by Gasteiger charge is 2.24. The van der Waals surface area contributed by atoms with Crippen LogP contribution in [0.25, 0.3) is 0 Å². The molecule has 0 radical (unpaired) electrons. The number of hydrogen-bond acceptors (Lipinski definition) is 5. The summed E-state index contributed by atoms with van der Waals surface area (Å²) in [6, 6.07) is 10.6. The smallest absolute Gasteiger partial charge is 0.248 e. The first-order valence-electron chi connectivity index (χ1n) is 7.40. The number of rotatable bonds is 7. The van der Waals surface area contributed by atoms with Gasteiger partial charge in [-0.2, -0.15) is 4.98 Å². The molecule has 0 fully saturated rings. The summed E-state index contributed by atoms with van der Waals surface area (Å²) in [5.74, 6) is 1.40. The average Bonchev–Trinajstić information content (AvgIpc) is 2.96. The number of nitrogens with zero attached hydrogens (tertiary/aromatic N) is 3. The quantitative estimate of drug-likeness (QED) is 0.848. The van der Waals surface area contributed by atoms with Crippen molar-refractivity contribution in [1.82, 2.24) is 20.4 Å². The Kier molecular flexibility index (Phi) is 7.51. The van der Waals surface area contributed by atoms with Crippen molar-refractivity contribution in [2.45, 2.75) is 32.4 Å². The summed E-state index contributed by atoms with van der Waals surface area (Å²) in [4.78, 5) is 6.79. The molecular formula is C16H25ClN4O. The van der Waals surface area contributed by atoms with Gasteiger partial charge in [0.2, 0.25) is 5.89 Å². The molecule has 0 aliphatic carbocycles. The second kappa shape index (κ2) is 8.88. The normalized spacial score (nSPS) is 13.7. The third-order valence-electron chi connectivity index (χ3n) is 3.75. The Labute approximate surface area is 138 Å². The molecule has 0 aliphatic rings. The van der Waals surface area contributed by atoms with E-state index in [9.17, 15) is 0 Å². The van der Waals surface area contributed by atoms with E-state index < -0.39 is 0 Å². The lowest BCUT2D eigenvalue weighted by atomic mass is 10.1. The molecule has 6 heteroatoms. The fourth-order valence-electron chi connectivity index (χ4n) is 2.24. The van der Waals surface area contributed by atoms with Crippen LogP contribution >= 0.6 is 12.4 Å². The van der Waals surface area contributed by atoms with Crippen LogP contribution in [0.4, 0.5) is 0 Å². The highest BCUT2D eigenvalue weighted by molar-refractivity contribution is 5.85. The van der Waals surface area contributed by atoms with Crippen molar-refractivity contribution in [3.63, 3.8) is 0 Å². The molecule has 0 bridgehead atoms. The molecule has 2 atom stereocenters. The molecule has 0 spiro atoms. The van der Waals surface area contributed by atoms with E-state index in [-0.39, 0.29) is 18.4 Å². The van der Waals surface area contributed by atoms with Crippen molar-refractivity contribution >= 4 is 12.4 Å². The molecular weight excluding hydrogens is 300 g/mol. The minimum atomic E-state index is 0. The number of hydrogen-bond donors (Lipinski definition) is 1. The van der Waals surface area contributed by atoms with Crippen molar-refractivity contribution in [2.24, 2.45) is 0 Å². The first kappa shape index (κ1) is 18.6. The van der Waals surface area contributed by atoms with Gasteiger partial charge in [-0.25, -0.2) is 0 Å². The van der Waals surface area contributed by atoms with Crippen LogP contribution in [-0.4, -0.2) is 41.7 Å². The third-order valence-corrected chi connectivity index (χ3v) is 3.75. The summed E-state index contributed by atoms with van der Waals surface area (Å²) in [5.41, 5.74) is 1.17. The van der Waals surface area contributed by atoms with Crippen molar-refractivity contribution in [3.05, 3.63) is 47.6 Å². The number of nitrogens with one attached hydrogen (secondary N) is 1. The fraction of sp³-hybridized carbons (Fsp3) is 0.500. The lowest BCUT2D eigenvalue weighted by Crippen LogP contribution is -2.26. The SMILES string of the molecule is CCN(C)C(c1ccccc1)c1nc(CC(C)NC)no1.Cl. The molecule has 122 valence electrons. The summed E-state index contributed by atoms with van der Waals surface area (Å²) in [6.45, 7) is 5.13.